The van der Waals surface area contributed by atoms with Gasteiger partial charge < -0.3 is 5.32 Å². The minimum atomic E-state index is -0.720. The van der Waals surface area contributed by atoms with Crippen molar-refractivity contribution >= 4 is 5.69 Å². The molecule has 0 aromatic heterocycles. The molecule has 0 amide bonds. The lowest BCUT2D eigenvalue weighted by Crippen LogP contribution is -2.33. The maximum Gasteiger partial charge on any atom is 0.305 e. The Morgan fingerprint density at radius 2 is 2.20 bits per heavy atom. The van der Waals surface area contributed by atoms with E-state index in [1.165, 1.54) is 25.0 Å². The number of hydrogen-bond acceptors (Lipinski definition) is 4. The Balaban J connectivity index is 1.58. The number of nitrogens with one attached hydrogen (secondary N) is 1. The molecule has 1 saturated carbocycles. The summed E-state index contributed by atoms with van der Waals surface area (Å²) in [7, 11) is 0. The second kappa shape index (κ2) is 5.46. The van der Waals surface area contributed by atoms with Crippen LogP contribution >= 0.6 is 0 Å². The van der Waals surface area contributed by atoms with E-state index in [1.807, 2.05) is 0 Å². The van der Waals surface area contributed by atoms with E-state index < -0.39 is 16.4 Å². The maximum atomic E-state index is 13.9. The van der Waals surface area contributed by atoms with E-state index in [1.54, 1.807) is 6.07 Å². The van der Waals surface area contributed by atoms with Crippen LogP contribution in [-0.4, -0.2) is 35.0 Å². The van der Waals surface area contributed by atoms with E-state index in [2.05, 4.69) is 10.2 Å². The van der Waals surface area contributed by atoms with Crippen LogP contribution in [0.2, 0.25) is 0 Å². The molecular weight excluding hydrogens is 261 g/mol. The summed E-state index contributed by atoms with van der Waals surface area (Å²) < 4.78 is 13.9. The number of nitro groups is 1. The van der Waals surface area contributed by atoms with E-state index >= 15 is 0 Å². The third kappa shape index (κ3) is 2.81. The lowest BCUT2D eigenvalue weighted by atomic mass is 10.1. The van der Waals surface area contributed by atoms with Gasteiger partial charge in [-0.3, -0.25) is 15.0 Å². The van der Waals surface area contributed by atoms with E-state index in [0.717, 1.165) is 25.6 Å². The molecule has 0 bridgehead atoms. The number of rotatable bonds is 5. The Kier molecular flexibility index (Phi) is 3.67. The summed E-state index contributed by atoms with van der Waals surface area (Å²) >= 11 is 0. The van der Waals surface area contributed by atoms with Crippen molar-refractivity contribution in [2.75, 3.05) is 13.1 Å². The fourth-order valence-electron chi connectivity index (χ4n) is 2.82. The van der Waals surface area contributed by atoms with Crippen LogP contribution in [0.25, 0.3) is 0 Å². The van der Waals surface area contributed by atoms with Crippen LogP contribution in [0.15, 0.2) is 18.2 Å². The van der Waals surface area contributed by atoms with Gasteiger partial charge >= 0.3 is 5.69 Å². The Hall–Kier alpha value is -1.53. The number of benzene rings is 1. The summed E-state index contributed by atoms with van der Waals surface area (Å²) in [6.07, 6.45) is 3.66. The first-order chi connectivity index (χ1) is 9.65. The van der Waals surface area contributed by atoms with Gasteiger partial charge in [-0.2, -0.15) is 4.39 Å². The van der Waals surface area contributed by atoms with Gasteiger partial charge in [-0.25, -0.2) is 0 Å². The monoisotopic (exact) mass is 279 g/mol. The Morgan fingerprint density at radius 3 is 2.90 bits per heavy atom. The van der Waals surface area contributed by atoms with E-state index in [9.17, 15) is 14.5 Å². The van der Waals surface area contributed by atoms with Crippen LogP contribution in [0.1, 0.15) is 24.8 Å². The average Bonchev–Trinajstić information content (AvgIpc) is 3.17. The van der Waals surface area contributed by atoms with Gasteiger partial charge in [0, 0.05) is 43.3 Å². The Labute approximate surface area is 116 Å². The first kappa shape index (κ1) is 13.5. The molecule has 2 fully saturated rings. The average molecular weight is 279 g/mol. The lowest BCUT2D eigenvalue weighted by Gasteiger charge is -2.16. The molecule has 1 heterocycles. The van der Waals surface area contributed by atoms with E-state index in [0.29, 0.717) is 18.2 Å². The minimum absolute atomic E-state index is 0.344. The number of nitro benzene ring substituents is 1. The van der Waals surface area contributed by atoms with Gasteiger partial charge in [-0.1, -0.05) is 12.1 Å². The molecule has 0 spiro atoms. The van der Waals surface area contributed by atoms with E-state index in [-0.39, 0.29) is 0 Å². The predicted octanol–water partition coefficient (Wildman–Crippen LogP) is 2.06. The van der Waals surface area contributed by atoms with Gasteiger partial charge in [0.25, 0.3) is 0 Å². The number of hydrogen-bond donors (Lipinski definition) is 1. The van der Waals surface area contributed by atoms with Crippen molar-refractivity contribution in [3.05, 3.63) is 39.7 Å². The summed E-state index contributed by atoms with van der Waals surface area (Å²) in [4.78, 5) is 12.5. The zero-order valence-corrected chi connectivity index (χ0v) is 11.2. The smallest absolute Gasteiger partial charge is 0.305 e. The Bertz CT molecular complexity index is 519. The number of likely N-dealkylation sites (tertiary alicyclic amines) is 1. The largest absolute Gasteiger partial charge is 0.308 e. The second-order valence-electron chi connectivity index (χ2n) is 5.60. The molecule has 6 heteroatoms. The number of nitrogens with zero attached hydrogens (tertiary/aromatic N) is 2. The molecule has 1 aliphatic carbocycles. The van der Waals surface area contributed by atoms with Gasteiger partial charge in [0.15, 0.2) is 0 Å². The molecule has 1 N–H and O–H groups in total. The molecule has 1 saturated heterocycles. The zero-order chi connectivity index (χ0) is 14.1. The molecule has 1 atom stereocenters. The van der Waals surface area contributed by atoms with Crippen molar-refractivity contribution in [2.45, 2.75) is 37.9 Å². The summed E-state index contributed by atoms with van der Waals surface area (Å²) in [5, 5.41) is 14.0. The summed E-state index contributed by atoms with van der Waals surface area (Å²) in [6, 6.07) is 5.45. The molecule has 0 radical (unpaired) electrons. The highest BCUT2D eigenvalue weighted by Crippen LogP contribution is 2.30. The molecular formula is C14H18FN3O2. The molecule has 5 nitrogen and oxygen atoms in total. The van der Waals surface area contributed by atoms with Crippen LogP contribution in [-0.2, 0) is 6.54 Å². The predicted molar refractivity (Wildman–Crippen MR) is 72.9 cm³/mol. The fourth-order valence-corrected chi connectivity index (χ4v) is 2.82. The van der Waals surface area contributed by atoms with E-state index in [4.69, 9.17) is 0 Å². The number of halogens is 1. The van der Waals surface area contributed by atoms with Crippen molar-refractivity contribution in [3.63, 3.8) is 0 Å². The Morgan fingerprint density at radius 1 is 1.40 bits per heavy atom. The SMILES string of the molecule is O=[N+]([O-])c1cccc(CNC2CCN(C3CC3)C2)c1F. The highest BCUT2D eigenvalue weighted by Gasteiger charge is 2.34. The van der Waals surface area contributed by atoms with Gasteiger partial charge in [-0.15, -0.1) is 0 Å². The van der Waals surface area contributed by atoms with Gasteiger partial charge in [0.2, 0.25) is 5.82 Å². The highest BCUT2D eigenvalue weighted by atomic mass is 19.1. The quantitative estimate of drug-likeness (QED) is 0.662. The summed E-state index contributed by atoms with van der Waals surface area (Å²) in [6.45, 7) is 2.44. The molecule has 108 valence electrons. The zero-order valence-electron chi connectivity index (χ0n) is 11.2. The highest BCUT2D eigenvalue weighted by molar-refractivity contribution is 5.36. The first-order valence-electron chi connectivity index (χ1n) is 7.04. The van der Waals surface area contributed by atoms with Gasteiger partial charge in [-0.05, 0) is 19.3 Å². The normalized spacial score (nSPS) is 23.1. The molecule has 3 rings (SSSR count). The van der Waals surface area contributed by atoms with Crippen molar-refractivity contribution in [3.8, 4) is 0 Å². The molecule has 20 heavy (non-hydrogen) atoms. The molecule has 1 aliphatic heterocycles. The van der Waals surface area contributed by atoms with Gasteiger partial charge in [0.05, 0.1) is 4.92 Å². The van der Waals surface area contributed by atoms with Crippen molar-refractivity contribution in [1.29, 1.82) is 0 Å². The van der Waals surface area contributed by atoms with Crippen molar-refractivity contribution in [2.24, 2.45) is 0 Å². The van der Waals surface area contributed by atoms with Crippen molar-refractivity contribution in [1.82, 2.24) is 10.2 Å². The lowest BCUT2D eigenvalue weighted by molar-refractivity contribution is -0.387. The fraction of sp³-hybridized carbons (Fsp3) is 0.571. The van der Waals surface area contributed by atoms with Crippen LogP contribution in [0.5, 0.6) is 0 Å². The van der Waals surface area contributed by atoms with Crippen molar-refractivity contribution < 1.29 is 9.31 Å². The van der Waals surface area contributed by atoms with Crippen LogP contribution in [0.4, 0.5) is 10.1 Å². The maximum absolute atomic E-state index is 13.9. The molecule has 1 aromatic carbocycles. The molecule has 1 aromatic rings. The van der Waals surface area contributed by atoms with Gasteiger partial charge in [0.1, 0.15) is 0 Å². The second-order valence-corrected chi connectivity index (χ2v) is 5.60. The standard InChI is InChI=1S/C14H18FN3O2/c15-14-10(2-1-3-13(14)18(19)20)8-16-11-6-7-17(9-11)12-4-5-12/h1-3,11-12,16H,4-9H2. The third-order valence-electron chi connectivity index (χ3n) is 4.12. The first-order valence-corrected chi connectivity index (χ1v) is 7.04. The van der Waals surface area contributed by atoms with Crippen LogP contribution < -0.4 is 5.32 Å². The minimum Gasteiger partial charge on any atom is -0.308 e. The summed E-state index contributed by atoms with van der Waals surface area (Å²) in [5.41, 5.74) is -0.0839. The topological polar surface area (TPSA) is 58.4 Å². The molecule has 2 aliphatic rings. The van der Waals surface area contributed by atoms with Crippen LogP contribution in [0.3, 0.4) is 0 Å². The van der Waals surface area contributed by atoms with Crippen LogP contribution in [0, 0.1) is 15.9 Å². The third-order valence-corrected chi connectivity index (χ3v) is 4.12. The molecule has 1 unspecified atom stereocenters. The summed E-state index contributed by atoms with van der Waals surface area (Å²) in [5.74, 6) is -0.720.